The van der Waals surface area contributed by atoms with Gasteiger partial charge in [-0.1, -0.05) is 54.1 Å². The highest BCUT2D eigenvalue weighted by Gasteiger charge is 2.28. The molecule has 1 aliphatic rings. The van der Waals surface area contributed by atoms with Crippen LogP contribution in [0.15, 0.2) is 77.7 Å². The van der Waals surface area contributed by atoms with Crippen molar-refractivity contribution >= 4 is 33.2 Å². The van der Waals surface area contributed by atoms with Crippen molar-refractivity contribution < 1.29 is 13.2 Å². The van der Waals surface area contributed by atoms with Gasteiger partial charge in [0.2, 0.25) is 5.91 Å². The van der Waals surface area contributed by atoms with E-state index in [4.69, 9.17) is 11.6 Å². The SMILES string of the molecule is CC(NC(=O)CN(c1cccc(Cl)c1)S(=O)(=O)c1ccccc1)c1ccc2c(c1)CCCC2. The Bertz CT molecular complexity index is 1250. The van der Waals surface area contributed by atoms with Crippen molar-refractivity contribution in [1.29, 1.82) is 0 Å². The van der Waals surface area contributed by atoms with Crippen molar-refractivity contribution in [3.05, 3.63) is 94.5 Å². The molecule has 33 heavy (non-hydrogen) atoms. The molecule has 0 saturated heterocycles. The van der Waals surface area contributed by atoms with Crippen LogP contribution in [0.2, 0.25) is 5.02 Å². The second-order valence-electron chi connectivity index (χ2n) is 8.33. The zero-order valence-electron chi connectivity index (χ0n) is 18.5. The summed E-state index contributed by atoms with van der Waals surface area (Å²) in [5.74, 6) is -0.389. The van der Waals surface area contributed by atoms with Crippen molar-refractivity contribution in [2.24, 2.45) is 0 Å². The first kappa shape index (κ1) is 23.3. The molecule has 4 rings (SSSR count). The summed E-state index contributed by atoms with van der Waals surface area (Å²) in [6.07, 6.45) is 4.56. The highest BCUT2D eigenvalue weighted by Crippen LogP contribution is 2.27. The Balaban J connectivity index is 1.56. The molecule has 1 aliphatic carbocycles. The summed E-state index contributed by atoms with van der Waals surface area (Å²) in [4.78, 5) is 13.1. The quantitative estimate of drug-likeness (QED) is 0.497. The van der Waals surface area contributed by atoms with Gasteiger partial charge in [0.25, 0.3) is 10.0 Å². The van der Waals surface area contributed by atoms with E-state index in [-0.39, 0.29) is 23.4 Å². The fraction of sp³-hybridized carbons (Fsp3) is 0.269. The Labute approximate surface area is 200 Å². The first-order valence-electron chi connectivity index (χ1n) is 11.1. The van der Waals surface area contributed by atoms with E-state index in [1.807, 2.05) is 13.0 Å². The van der Waals surface area contributed by atoms with Gasteiger partial charge in [-0.05, 0) is 79.6 Å². The van der Waals surface area contributed by atoms with E-state index < -0.39 is 10.0 Å². The molecule has 172 valence electrons. The Morgan fingerprint density at radius 3 is 2.42 bits per heavy atom. The zero-order chi connectivity index (χ0) is 23.4. The van der Waals surface area contributed by atoms with Crippen LogP contribution in [0.1, 0.15) is 42.5 Å². The summed E-state index contributed by atoms with van der Waals surface area (Å²) in [6, 6.07) is 20.7. The lowest BCUT2D eigenvalue weighted by Crippen LogP contribution is -2.41. The molecular formula is C26H27ClN2O3S. The van der Waals surface area contributed by atoms with Gasteiger partial charge >= 0.3 is 0 Å². The van der Waals surface area contributed by atoms with Gasteiger partial charge in [-0.2, -0.15) is 0 Å². The third kappa shape index (κ3) is 5.40. The molecule has 7 heteroatoms. The molecule has 0 aliphatic heterocycles. The molecular weight excluding hydrogens is 456 g/mol. The van der Waals surface area contributed by atoms with Crippen LogP contribution in [0.25, 0.3) is 0 Å². The Kier molecular flexibility index (Phi) is 7.05. The Morgan fingerprint density at radius 1 is 0.970 bits per heavy atom. The molecule has 0 aromatic heterocycles. The highest BCUT2D eigenvalue weighted by atomic mass is 35.5. The van der Waals surface area contributed by atoms with Gasteiger partial charge in [0.1, 0.15) is 6.54 Å². The lowest BCUT2D eigenvalue weighted by molar-refractivity contribution is -0.120. The van der Waals surface area contributed by atoms with E-state index in [0.29, 0.717) is 10.7 Å². The molecule has 3 aromatic carbocycles. The van der Waals surface area contributed by atoms with Crippen molar-refractivity contribution in [2.45, 2.75) is 43.5 Å². The Morgan fingerprint density at radius 2 is 1.70 bits per heavy atom. The highest BCUT2D eigenvalue weighted by molar-refractivity contribution is 7.92. The van der Waals surface area contributed by atoms with Crippen LogP contribution in [0, 0.1) is 0 Å². The standard InChI is InChI=1S/C26H27ClN2O3S/c1-19(21-15-14-20-8-5-6-9-22(20)16-21)28-26(30)18-29(24-11-7-10-23(27)17-24)33(31,32)25-12-3-2-4-13-25/h2-4,7,10-17,19H,5-6,8-9,18H2,1H3,(H,28,30). The second-order valence-corrected chi connectivity index (χ2v) is 10.6. The van der Waals surface area contributed by atoms with Crippen LogP contribution in [0.5, 0.6) is 0 Å². The van der Waals surface area contributed by atoms with Crippen LogP contribution in [0.4, 0.5) is 5.69 Å². The third-order valence-corrected chi connectivity index (χ3v) is 7.99. The van der Waals surface area contributed by atoms with Crippen molar-refractivity contribution in [3.63, 3.8) is 0 Å². The molecule has 0 spiro atoms. The number of hydrogen-bond donors (Lipinski definition) is 1. The zero-order valence-corrected chi connectivity index (χ0v) is 20.1. The number of halogens is 1. The lowest BCUT2D eigenvalue weighted by Gasteiger charge is -2.25. The summed E-state index contributed by atoms with van der Waals surface area (Å²) in [7, 11) is -3.96. The van der Waals surface area contributed by atoms with Gasteiger partial charge in [0, 0.05) is 5.02 Å². The van der Waals surface area contributed by atoms with E-state index in [0.717, 1.165) is 22.7 Å². The maximum absolute atomic E-state index is 13.4. The van der Waals surface area contributed by atoms with Gasteiger partial charge in [-0.15, -0.1) is 0 Å². The molecule has 0 saturated carbocycles. The van der Waals surface area contributed by atoms with E-state index in [1.54, 1.807) is 42.5 Å². The maximum atomic E-state index is 13.4. The summed E-state index contributed by atoms with van der Waals surface area (Å²) in [5, 5.41) is 3.36. The smallest absolute Gasteiger partial charge is 0.264 e. The second kappa shape index (κ2) is 9.98. The minimum atomic E-state index is -3.96. The molecule has 0 heterocycles. The molecule has 3 aromatic rings. The monoisotopic (exact) mass is 482 g/mol. The molecule has 1 unspecified atom stereocenters. The summed E-state index contributed by atoms with van der Waals surface area (Å²) in [6.45, 7) is 1.56. The van der Waals surface area contributed by atoms with E-state index >= 15 is 0 Å². The molecule has 0 fully saturated rings. The van der Waals surface area contributed by atoms with Crippen molar-refractivity contribution in [3.8, 4) is 0 Å². The third-order valence-electron chi connectivity index (χ3n) is 5.96. The average molecular weight is 483 g/mol. The van der Waals surface area contributed by atoms with Crippen molar-refractivity contribution in [2.75, 3.05) is 10.8 Å². The van der Waals surface area contributed by atoms with Gasteiger partial charge in [0.15, 0.2) is 0 Å². The molecule has 1 atom stereocenters. The molecule has 1 N–H and O–H groups in total. The van der Waals surface area contributed by atoms with Gasteiger partial charge in [0.05, 0.1) is 16.6 Å². The number of aryl methyl sites for hydroxylation is 2. The number of carbonyl (C=O) groups is 1. The van der Waals surface area contributed by atoms with E-state index in [9.17, 15) is 13.2 Å². The fourth-order valence-electron chi connectivity index (χ4n) is 4.19. The van der Waals surface area contributed by atoms with E-state index in [2.05, 4.69) is 17.4 Å². The summed E-state index contributed by atoms with van der Waals surface area (Å²) < 4.78 is 27.9. The topological polar surface area (TPSA) is 66.5 Å². The molecule has 0 radical (unpaired) electrons. The fourth-order valence-corrected chi connectivity index (χ4v) is 5.81. The normalized spacial score (nSPS) is 14.2. The van der Waals surface area contributed by atoms with Crippen LogP contribution in [-0.4, -0.2) is 20.9 Å². The number of nitrogens with zero attached hydrogens (tertiary/aromatic N) is 1. The average Bonchev–Trinajstić information content (AvgIpc) is 2.82. The van der Waals surface area contributed by atoms with Crippen LogP contribution >= 0.6 is 11.6 Å². The number of sulfonamides is 1. The molecule has 0 bridgehead atoms. The minimum Gasteiger partial charge on any atom is -0.348 e. The number of carbonyl (C=O) groups excluding carboxylic acids is 1. The number of hydrogen-bond acceptors (Lipinski definition) is 3. The first-order chi connectivity index (χ1) is 15.8. The number of nitrogens with one attached hydrogen (secondary N) is 1. The van der Waals surface area contributed by atoms with Gasteiger partial charge in [-0.3, -0.25) is 9.10 Å². The van der Waals surface area contributed by atoms with Crippen LogP contribution in [-0.2, 0) is 27.7 Å². The predicted molar refractivity (Wildman–Crippen MR) is 132 cm³/mol. The van der Waals surface area contributed by atoms with Gasteiger partial charge in [-0.25, -0.2) is 8.42 Å². The van der Waals surface area contributed by atoms with Crippen LogP contribution < -0.4 is 9.62 Å². The number of fused-ring (bicyclic) bond motifs is 1. The predicted octanol–water partition coefficient (Wildman–Crippen LogP) is 5.29. The lowest BCUT2D eigenvalue weighted by atomic mass is 9.89. The van der Waals surface area contributed by atoms with Gasteiger partial charge < -0.3 is 5.32 Å². The number of amides is 1. The first-order valence-corrected chi connectivity index (χ1v) is 12.9. The Hall–Kier alpha value is -2.83. The molecule has 1 amide bonds. The number of anilines is 1. The molecule has 5 nitrogen and oxygen atoms in total. The summed E-state index contributed by atoms with van der Waals surface area (Å²) in [5.41, 5.74) is 4.07. The largest absolute Gasteiger partial charge is 0.348 e. The van der Waals surface area contributed by atoms with Crippen LogP contribution in [0.3, 0.4) is 0 Å². The van der Waals surface area contributed by atoms with Crippen molar-refractivity contribution in [1.82, 2.24) is 5.32 Å². The van der Waals surface area contributed by atoms with E-state index in [1.165, 1.54) is 36.1 Å². The maximum Gasteiger partial charge on any atom is 0.264 e. The number of benzene rings is 3. The minimum absolute atomic E-state index is 0.112. The number of rotatable bonds is 7. The summed E-state index contributed by atoms with van der Waals surface area (Å²) >= 11 is 6.12.